The van der Waals surface area contributed by atoms with E-state index in [0.717, 1.165) is 74.6 Å². The number of aromatic nitrogens is 1. The second-order valence-electron chi connectivity index (χ2n) is 8.79. The molecule has 4 rings (SSSR count). The maximum Gasteiger partial charge on any atom is 0.270 e. The number of carbonyl (C=O) groups is 1. The number of benzene rings is 1. The zero-order chi connectivity index (χ0) is 21.3. The highest BCUT2D eigenvalue weighted by Gasteiger charge is 2.27. The molecule has 158 valence electrons. The molecule has 1 aromatic carbocycles. The molecule has 1 fully saturated rings. The van der Waals surface area contributed by atoms with Crippen molar-refractivity contribution in [3.8, 4) is 17.3 Å². The SMILES string of the molecule is CC(C)CCN1CCn2c(ccc2-c2ccc(N3CCC(O)CC3)c(C#N)c2)C1=O. The molecule has 0 bridgehead atoms. The molecule has 0 aliphatic carbocycles. The molecule has 1 amide bonds. The first-order valence-electron chi connectivity index (χ1n) is 10.9. The van der Waals surface area contributed by atoms with Crippen molar-refractivity contribution in [3.63, 3.8) is 0 Å². The molecular formula is C24H30N4O2. The maximum absolute atomic E-state index is 12.9. The van der Waals surface area contributed by atoms with Gasteiger partial charge in [0.2, 0.25) is 0 Å². The summed E-state index contributed by atoms with van der Waals surface area (Å²) in [7, 11) is 0. The Hall–Kier alpha value is -2.78. The number of carbonyl (C=O) groups excluding carboxylic acids is 1. The van der Waals surface area contributed by atoms with Gasteiger partial charge in [0.25, 0.3) is 5.91 Å². The number of anilines is 1. The van der Waals surface area contributed by atoms with Gasteiger partial charge in [-0.05, 0) is 55.0 Å². The second-order valence-corrected chi connectivity index (χ2v) is 8.79. The lowest BCUT2D eigenvalue weighted by Crippen LogP contribution is -2.41. The van der Waals surface area contributed by atoms with E-state index in [0.29, 0.717) is 11.5 Å². The highest BCUT2D eigenvalue weighted by Crippen LogP contribution is 2.31. The average molecular weight is 407 g/mol. The van der Waals surface area contributed by atoms with Crippen LogP contribution in [0.1, 0.15) is 49.2 Å². The fourth-order valence-electron chi connectivity index (χ4n) is 4.43. The van der Waals surface area contributed by atoms with Gasteiger partial charge in [-0.15, -0.1) is 0 Å². The third-order valence-electron chi connectivity index (χ3n) is 6.27. The van der Waals surface area contributed by atoms with E-state index in [-0.39, 0.29) is 12.0 Å². The lowest BCUT2D eigenvalue weighted by molar-refractivity contribution is 0.0697. The summed E-state index contributed by atoms with van der Waals surface area (Å²) in [6.07, 6.45) is 2.23. The first-order chi connectivity index (χ1) is 14.5. The van der Waals surface area contributed by atoms with Crippen LogP contribution in [0.2, 0.25) is 0 Å². The Balaban J connectivity index is 1.58. The fourth-order valence-corrected chi connectivity index (χ4v) is 4.43. The van der Waals surface area contributed by atoms with Gasteiger partial charge in [-0.1, -0.05) is 19.9 Å². The van der Waals surface area contributed by atoms with Crippen LogP contribution in [0, 0.1) is 17.2 Å². The van der Waals surface area contributed by atoms with E-state index in [1.807, 2.05) is 35.2 Å². The Bertz CT molecular complexity index is 964. The van der Waals surface area contributed by atoms with Crippen LogP contribution in [0.3, 0.4) is 0 Å². The molecule has 2 aromatic rings. The van der Waals surface area contributed by atoms with Crippen molar-refractivity contribution in [1.29, 1.82) is 5.26 Å². The summed E-state index contributed by atoms with van der Waals surface area (Å²) in [6.45, 7) is 8.17. The van der Waals surface area contributed by atoms with E-state index < -0.39 is 0 Å². The fraction of sp³-hybridized carbons (Fsp3) is 0.500. The van der Waals surface area contributed by atoms with E-state index in [9.17, 15) is 15.2 Å². The molecule has 1 saturated heterocycles. The van der Waals surface area contributed by atoms with Crippen molar-refractivity contribution in [2.45, 2.75) is 45.8 Å². The van der Waals surface area contributed by atoms with Gasteiger partial charge < -0.3 is 19.5 Å². The van der Waals surface area contributed by atoms with Gasteiger partial charge in [0.05, 0.1) is 17.4 Å². The molecule has 30 heavy (non-hydrogen) atoms. The van der Waals surface area contributed by atoms with Crippen molar-refractivity contribution < 1.29 is 9.90 Å². The van der Waals surface area contributed by atoms with Gasteiger partial charge in [0.15, 0.2) is 0 Å². The van der Waals surface area contributed by atoms with Crippen LogP contribution < -0.4 is 4.90 Å². The Morgan fingerprint density at radius 2 is 1.83 bits per heavy atom. The molecular weight excluding hydrogens is 376 g/mol. The number of nitrogens with zero attached hydrogens (tertiary/aromatic N) is 4. The molecule has 0 radical (unpaired) electrons. The van der Waals surface area contributed by atoms with Crippen LogP contribution in [-0.4, -0.2) is 52.8 Å². The minimum absolute atomic E-state index is 0.0946. The van der Waals surface area contributed by atoms with Gasteiger partial charge in [-0.2, -0.15) is 5.26 Å². The Kier molecular flexibility index (Phi) is 5.83. The van der Waals surface area contributed by atoms with E-state index in [1.165, 1.54) is 0 Å². The van der Waals surface area contributed by atoms with Crippen molar-refractivity contribution in [2.24, 2.45) is 5.92 Å². The first kappa shape index (κ1) is 20.5. The number of hydrogen-bond acceptors (Lipinski definition) is 4. The number of fused-ring (bicyclic) bond motifs is 1. The lowest BCUT2D eigenvalue weighted by atomic mass is 10.0. The summed E-state index contributed by atoms with van der Waals surface area (Å²) >= 11 is 0. The number of nitriles is 1. The molecule has 2 aliphatic rings. The molecule has 3 heterocycles. The highest BCUT2D eigenvalue weighted by atomic mass is 16.3. The summed E-state index contributed by atoms with van der Waals surface area (Å²) in [5.74, 6) is 0.672. The van der Waals surface area contributed by atoms with Crippen LogP contribution >= 0.6 is 0 Å². The predicted octanol–water partition coefficient (Wildman–Crippen LogP) is 3.49. The number of aliphatic hydroxyl groups is 1. The molecule has 0 saturated carbocycles. The number of hydrogen-bond donors (Lipinski definition) is 1. The zero-order valence-electron chi connectivity index (χ0n) is 17.8. The van der Waals surface area contributed by atoms with Crippen LogP contribution in [0.15, 0.2) is 30.3 Å². The van der Waals surface area contributed by atoms with E-state index in [2.05, 4.69) is 29.4 Å². The van der Waals surface area contributed by atoms with Crippen LogP contribution in [0.5, 0.6) is 0 Å². The minimum atomic E-state index is -0.240. The Labute approximate surface area is 178 Å². The first-order valence-corrected chi connectivity index (χ1v) is 10.9. The maximum atomic E-state index is 12.9. The van der Waals surface area contributed by atoms with E-state index in [4.69, 9.17) is 0 Å². The van der Waals surface area contributed by atoms with Crippen LogP contribution in [0.25, 0.3) is 11.3 Å². The van der Waals surface area contributed by atoms with E-state index in [1.54, 1.807) is 0 Å². The molecule has 0 atom stereocenters. The second kappa shape index (κ2) is 8.53. The van der Waals surface area contributed by atoms with Crippen molar-refractivity contribution in [3.05, 3.63) is 41.6 Å². The number of amides is 1. The monoisotopic (exact) mass is 406 g/mol. The minimum Gasteiger partial charge on any atom is -0.393 e. The Morgan fingerprint density at radius 1 is 1.10 bits per heavy atom. The van der Waals surface area contributed by atoms with Crippen molar-refractivity contribution >= 4 is 11.6 Å². The summed E-state index contributed by atoms with van der Waals surface area (Å²) in [6, 6.07) is 12.2. The molecule has 6 nitrogen and oxygen atoms in total. The Morgan fingerprint density at radius 3 is 2.53 bits per heavy atom. The quantitative estimate of drug-likeness (QED) is 0.825. The number of rotatable bonds is 5. The third-order valence-corrected chi connectivity index (χ3v) is 6.27. The largest absolute Gasteiger partial charge is 0.393 e. The third kappa shape index (κ3) is 3.95. The standard InChI is InChI=1S/C24H30N4O2/c1-17(2)7-10-27-13-14-28-22(5-6-23(28)24(27)30)18-3-4-21(19(15-18)16-25)26-11-8-20(29)9-12-26/h3-6,15,17,20,29H,7-14H2,1-2H3. The predicted molar refractivity (Wildman–Crippen MR) is 117 cm³/mol. The average Bonchev–Trinajstić information content (AvgIpc) is 3.18. The summed E-state index contributed by atoms with van der Waals surface area (Å²) in [5.41, 5.74) is 4.24. The molecule has 2 aliphatic heterocycles. The van der Waals surface area contributed by atoms with E-state index >= 15 is 0 Å². The zero-order valence-corrected chi connectivity index (χ0v) is 17.8. The molecule has 0 spiro atoms. The van der Waals surface area contributed by atoms with Gasteiger partial charge in [0, 0.05) is 38.4 Å². The molecule has 6 heteroatoms. The highest BCUT2D eigenvalue weighted by molar-refractivity contribution is 5.94. The lowest BCUT2D eigenvalue weighted by Gasteiger charge is -2.32. The van der Waals surface area contributed by atoms with Crippen LogP contribution in [-0.2, 0) is 6.54 Å². The van der Waals surface area contributed by atoms with Gasteiger partial charge in [-0.25, -0.2) is 0 Å². The smallest absolute Gasteiger partial charge is 0.270 e. The van der Waals surface area contributed by atoms with Gasteiger partial charge in [-0.3, -0.25) is 4.79 Å². The van der Waals surface area contributed by atoms with Gasteiger partial charge in [0.1, 0.15) is 11.8 Å². The van der Waals surface area contributed by atoms with Crippen LogP contribution in [0.4, 0.5) is 5.69 Å². The molecule has 1 aromatic heterocycles. The topological polar surface area (TPSA) is 72.5 Å². The number of aliphatic hydroxyl groups excluding tert-OH is 1. The summed E-state index contributed by atoms with van der Waals surface area (Å²) in [5, 5.41) is 19.5. The summed E-state index contributed by atoms with van der Waals surface area (Å²) < 4.78 is 2.08. The molecule has 0 unspecified atom stereocenters. The normalized spacial score (nSPS) is 17.4. The molecule has 1 N–H and O–H groups in total. The summed E-state index contributed by atoms with van der Waals surface area (Å²) in [4.78, 5) is 17.0. The van der Waals surface area contributed by atoms with Crippen molar-refractivity contribution in [1.82, 2.24) is 9.47 Å². The number of piperidine rings is 1. The van der Waals surface area contributed by atoms with Gasteiger partial charge >= 0.3 is 0 Å². The van der Waals surface area contributed by atoms with Crippen molar-refractivity contribution in [2.75, 3.05) is 31.1 Å².